The molecule has 0 spiro atoms. The van der Waals surface area contributed by atoms with Crippen molar-refractivity contribution in [2.75, 3.05) is 13.1 Å². The third kappa shape index (κ3) is 5.59. The summed E-state index contributed by atoms with van der Waals surface area (Å²) in [5.41, 5.74) is 8.63. The molecule has 30 heavy (non-hydrogen) atoms. The van der Waals surface area contributed by atoms with Gasteiger partial charge in [-0.2, -0.15) is 5.10 Å². The maximum absolute atomic E-state index is 4.80. The molecule has 1 aliphatic heterocycles. The average molecular weight is 403 g/mol. The standard InChI is InChI=1S/C26H34N4/c1-6-7-26(23-9-8-22(14-19(2)3)20(4)15-23)27-12-10-21(5)30-13-11-24(18-30)25-16-28-29-17-25/h7-10,12,14-17,24H,6,11,13,18H2,1-5H3,(H,28,29)/b21-10+,26-7+,27-12+. The SMILES string of the molecule is CC/C=C(/N=C/C=C(\C)N1CCC(c2cn[nH]c2)C1)c1ccc(C=C(C)C)c(C)c1. The Morgan fingerprint density at radius 3 is 2.80 bits per heavy atom. The number of rotatable bonds is 7. The topological polar surface area (TPSA) is 44.3 Å². The fourth-order valence-electron chi connectivity index (χ4n) is 3.91. The highest BCUT2D eigenvalue weighted by atomic mass is 15.2. The van der Waals surface area contributed by atoms with Gasteiger partial charge in [0, 0.05) is 42.7 Å². The zero-order valence-corrected chi connectivity index (χ0v) is 18.9. The molecule has 0 bridgehead atoms. The van der Waals surface area contributed by atoms with Crippen LogP contribution in [0.25, 0.3) is 11.8 Å². The Hall–Kier alpha value is -2.88. The third-order valence-corrected chi connectivity index (χ3v) is 5.61. The van der Waals surface area contributed by atoms with E-state index in [9.17, 15) is 0 Å². The lowest BCUT2D eigenvalue weighted by Crippen LogP contribution is -2.18. The molecule has 3 rings (SSSR count). The molecule has 1 unspecified atom stereocenters. The summed E-state index contributed by atoms with van der Waals surface area (Å²) in [4.78, 5) is 7.23. The Balaban J connectivity index is 1.70. The van der Waals surface area contributed by atoms with Crippen molar-refractivity contribution in [2.45, 2.75) is 53.4 Å². The van der Waals surface area contributed by atoms with E-state index in [1.54, 1.807) is 0 Å². The molecule has 1 fully saturated rings. The van der Waals surface area contributed by atoms with E-state index >= 15 is 0 Å². The molecular formula is C26H34N4. The zero-order valence-electron chi connectivity index (χ0n) is 18.9. The molecular weight excluding hydrogens is 368 g/mol. The van der Waals surface area contributed by atoms with Crippen molar-refractivity contribution >= 4 is 18.0 Å². The third-order valence-electron chi connectivity index (χ3n) is 5.61. The minimum atomic E-state index is 0.557. The van der Waals surface area contributed by atoms with E-state index in [0.717, 1.165) is 25.2 Å². The molecule has 158 valence electrons. The first-order valence-electron chi connectivity index (χ1n) is 10.9. The maximum atomic E-state index is 4.80. The van der Waals surface area contributed by atoms with Gasteiger partial charge < -0.3 is 4.90 Å². The van der Waals surface area contributed by atoms with Gasteiger partial charge >= 0.3 is 0 Å². The summed E-state index contributed by atoms with van der Waals surface area (Å²) in [5, 5.41) is 7.02. The summed E-state index contributed by atoms with van der Waals surface area (Å²) in [6.45, 7) is 12.9. The van der Waals surface area contributed by atoms with Gasteiger partial charge in [0.1, 0.15) is 0 Å². The molecule has 2 heterocycles. The number of H-pyrrole nitrogens is 1. The van der Waals surface area contributed by atoms with E-state index in [1.165, 1.54) is 39.9 Å². The second-order valence-corrected chi connectivity index (χ2v) is 8.34. The number of nitrogens with one attached hydrogen (secondary N) is 1. The predicted molar refractivity (Wildman–Crippen MR) is 129 cm³/mol. The van der Waals surface area contributed by atoms with E-state index in [1.807, 2.05) is 18.6 Å². The lowest BCUT2D eigenvalue weighted by molar-refractivity contribution is 0.422. The van der Waals surface area contributed by atoms with E-state index in [0.29, 0.717) is 5.92 Å². The van der Waals surface area contributed by atoms with Crippen LogP contribution < -0.4 is 0 Å². The van der Waals surface area contributed by atoms with Crippen LogP contribution in [0.15, 0.2) is 59.0 Å². The van der Waals surface area contributed by atoms with Crippen molar-refractivity contribution in [3.63, 3.8) is 0 Å². The van der Waals surface area contributed by atoms with Gasteiger partial charge in [0.05, 0.1) is 11.9 Å². The quantitative estimate of drug-likeness (QED) is 0.548. The molecule has 0 amide bonds. The predicted octanol–water partition coefficient (Wildman–Crippen LogP) is 6.36. The Morgan fingerprint density at radius 2 is 2.13 bits per heavy atom. The first kappa shape index (κ1) is 21.8. The Morgan fingerprint density at radius 1 is 1.30 bits per heavy atom. The Kier molecular flexibility index (Phi) is 7.45. The summed E-state index contributed by atoms with van der Waals surface area (Å²) in [7, 11) is 0. The number of aliphatic imine (C=N–C) groups is 1. The van der Waals surface area contributed by atoms with Gasteiger partial charge in [-0.3, -0.25) is 10.1 Å². The maximum Gasteiger partial charge on any atom is 0.0662 e. The van der Waals surface area contributed by atoms with Crippen molar-refractivity contribution in [1.82, 2.24) is 15.1 Å². The van der Waals surface area contributed by atoms with Crippen molar-refractivity contribution in [2.24, 2.45) is 4.99 Å². The van der Waals surface area contributed by atoms with E-state index in [4.69, 9.17) is 4.99 Å². The summed E-state index contributed by atoms with van der Waals surface area (Å²) in [6.07, 6.45) is 14.6. The summed E-state index contributed by atoms with van der Waals surface area (Å²) < 4.78 is 0. The molecule has 2 aromatic rings. The van der Waals surface area contributed by atoms with Crippen molar-refractivity contribution in [3.05, 3.63) is 76.3 Å². The van der Waals surface area contributed by atoms with Crippen molar-refractivity contribution in [3.8, 4) is 0 Å². The molecule has 1 aliphatic rings. The molecule has 1 aromatic carbocycles. The number of allylic oxidation sites excluding steroid dienone is 4. The highest BCUT2D eigenvalue weighted by Crippen LogP contribution is 2.28. The first-order valence-corrected chi connectivity index (χ1v) is 10.9. The Labute approximate surface area is 181 Å². The van der Waals surface area contributed by atoms with E-state index in [2.05, 4.69) is 86.1 Å². The lowest BCUT2D eigenvalue weighted by Gasteiger charge is -2.18. The van der Waals surface area contributed by atoms with Crippen LogP contribution >= 0.6 is 0 Å². The lowest BCUT2D eigenvalue weighted by atomic mass is 10.0. The van der Waals surface area contributed by atoms with Gasteiger partial charge in [-0.1, -0.05) is 36.8 Å². The van der Waals surface area contributed by atoms with Crippen molar-refractivity contribution < 1.29 is 0 Å². The number of benzene rings is 1. The molecule has 1 saturated heterocycles. The molecule has 1 N–H and O–H groups in total. The minimum Gasteiger partial charge on any atom is -0.374 e. The number of hydrogen-bond acceptors (Lipinski definition) is 3. The summed E-state index contributed by atoms with van der Waals surface area (Å²) >= 11 is 0. The summed E-state index contributed by atoms with van der Waals surface area (Å²) in [5.74, 6) is 0.557. The van der Waals surface area contributed by atoms with Crippen LogP contribution in [0.1, 0.15) is 68.7 Å². The van der Waals surface area contributed by atoms with E-state index in [-0.39, 0.29) is 0 Å². The monoisotopic (exact) mass is 402 g/mol. The molecule has 0 radical (unpaired) electrons. The molecule has 1 aromatic heterocycles. The summed E-state index contributed by atoms with van der Waals surface area (Å²) in [6, 6.07) is 6.60. The molecule has 0 aliphatic carbocycles. The number of likely N-dealkylation sites (tertiary alicyclic amines) is 1. The van der Waals surface area contributed by atoms with Gasteiger partial charge in [0.25, 0.3) is 0 Å². The van der Waals surface area contributed by atoms with Gasteiger partial charge in [-0.05, 0) is 69.4 Å². The van der Waals surface area contributed by atoms with Gasteiger partial charge in [-0.15, -0.1) is 0 Å². The van der Waals surface area contributed by atoms with Gasteiger partial charge in [0.15, 0.2) is 0 Å². The van der Waals surface area contributed by atoms with Crippen LogP contribution in [-0.4, -0.2) is 34.4 Å². The molecule has 1 atom stereocenters. The van der Waals surface area contributed by atoms with Crippen LogP contribution in [0, 0.1) is 6.92 Å². The van der Waals surface area contributed by atoms with Gasteiger partial charge in [-0.25, -0.2) is 0 Å². The Bertz CT molecular complexity index is 957. The number of nitrogens with zero attached hydrogens (tertiary/aromatic N) is 3. The molecule has 4 nitrogen and oxygen atoms in total. The van der Waals surface area contributed by atoms with Crippen LogP contribution in [0.2, 0.25) is 0 Å². The second-order valence-electron chi connectivity index (χ2n) is 8.34. The molecule has 4 heteroatoms. The highest BCUT2D eigenvalue weighted by Gasteiger charge is 2.24. The van der Waals surface area contributed by atoms with Crippen molar-refractivity contribution in [1.29, 1.82) is 0 Å². The number of aryl methyl sites for hydroxylation is 1. The fraction of sp³-hybridized carbons (Fsp3) is 0.385. The minimum absolute atomic E-state index is 0.557. The zero-order chi connectivity index (χ0) is 21.5. The number of hydrogen-bond donors (Lipinski definition) is 1. The van der Waals surface area contributed by atoms with E-state index < -0.39 is 0 Å². The van der Waals surface area contributed by atoms with Crippen LogP contribution in [0.5, 0.6) is 0 Å². The average Bonchev–Trinajstić information content (AvgIpc) is 3.40. The normalized spacial score (nSPS) is 17.8. The largest absolute Gasteiger partial charge is 0.374 e. The second kappa shape index (κ2) is 10.2. The van der Waals surface area contributed by atoms with Crippen LogP contribution in [-0.2, 0) is 0 Å². The smallest absolute Gasteiger partial charge is 0.0662 e. The number of aromatic amines is 1. The highest BCUT2D eigenvalue weighted by molar-refractivity contribution is 5.81. The van der Waals surface area contributed by atoms with Crippen LogP contribution in [0.4, 0.5) is 0 Å². The van der Waals surface area contributed by atoms with Crippen LogP contribution in [0.3, 0.4) is 0 Å². The van der Waals surface area contributed by atoms with Gasteiger partial charge in [0.2, 0.25) is 0 Å². The number of aromatic nitrogens is 2. The first-order chi connectivity index (χ1) is 14.5. The fourth-order valence-corrected chi connectivity index (χ4v) is 3.91. The molecule has 0 saturated carbocycles.